The van der Waals surface area contributed by atoms with E-state index in [9.17, 15) is 4.79 Å². The van der Waals surface area contributed by atoms with Gasteiger partial charge in [-0.1, -0.05) is 0 Å². The highest BCUT2D eigenvalue weighted by molar-refractivity contribution is 8.06. The summed E-state index contributed by atoms with van der Waals surface area (Å²) in [5, 5.41) is 10.1. The molecule has 1 aromatic rings. The van der Waals surface area contributed by atoms with Crippen LogP contribution in [0.1, 0.15) is 16.1 Å². The highest BCUT2D eigenvalue weighted by Crippen LogP contribution is 2.23. The van der Waals surface area contributed by atoms with Crippen LogP contribution in [-0.4, -0.2) is 45.2 Å². The van der Waals surface area contributed by atoms with Crippen LogP contribution in [0, 0.1) is 6.92 Å². The number of hydrogen-bond acceptors (Lipinski definition) is 4. The molecule has 4 nitrogen and oxygen atoms in total. The summed E-state index contributed by atoms with van der Waals surface area (Å²) in [5.74, 6) is 3.53. The van der Waals surface area contributed by atoms with Crippen molar-refractivity contribution >= 4 is 29.4 Å². The van der Waals surface area contributed by atoms with E-state index < -0.39 is 0 Å². The molecule has 0 aromatic carbocycles. The van der Waals surface area contributed by atoms with Gasteiger partial charge in [0.1, 0.15) is 0 Å². The van der Waals surface area contributed by atoms with Gasteiger partial charge in [-0.3, -0.25) is 9.89 Å². The van der Waals surface area contributed by atoms with Gasteiger partial charge < -0.3 is 5.32 Å². The molecule has 1 aliphatic heterocycles. The van der Waals surface area contributed by atoms with E-state index in [2.05, 4.69) is 15.5 Å². The minimum Gasteiger partial charge on any atom is -0.351 e. The van der Waals surface area contributed by atoms with E-state index in [1.165, 1.54) is 11.5 Å². The number of nitrogens with zero attached hydrogens (tertiary/aromatic N) is 1. The van der Waals surface area contributed by atoms with Gasteiger partial charge in [-0.25, -0.2) is 0 Å². The number of aromatic amines is 1. The van der Waals surface area contributed by atoms with E-state index in [-0.39, 0.29) is 5.91 Å². The van der Waals surface area contributed by atoms with Crippen LogP contribution in [-0.2, 0) is 0 Å². The van der Waals surface area contributed by atoms with Gasteiger partial charge >= 0.3 is 0 Å². The molecule has 2 N–H and O–H groups in total. The van der Waals surface area contributed by atoms with E-state index in [1.54, 1.807) is 6.20 Å². The van der Waals surface area contributed by atoms with Crippen molar-refractivity contribution in [1.82, 2.24) is 15.5 Å². The van der Waals surface area contributed by atoms with Gasteiger partial charge in [-0.2, -0.15) is 28.6 Å². The second-order valence-electron chi connectivity index (χ2n) is 3.69. The summed E-state index contributed by atoms with van der Waals surface area (Å²) >= 11 is 3.91. The number of carbonyl (C=O) groups is 1. The Balaban J connectivity index is 1.81. The first kappa shape index (κ1) is 11.9. The fourth-order valence-corrected chi connectivity index (χ4v) is 4.15. The van der Waals surface area contributed by atoms with Gasteiger partial charge in [0, 0.05) is 34.7 Å². The third-order valence-electron chi connectivity index (χ3n) is 2.45. The molecule has 1 aromatic heterocycles. The second-order valence-corrected chi connectivity index (χ2v) is 6.24. The van der Waals surface area contributed by atoms with Gasteiger partial charge in [-0.15, -0.1) is 0 Å². The molecule has 0 bridgehead atoms. The van der Waals surface area contributed by atoms with Crippen molar-refractivity contribution in [2.24, 2.45) is 0 Å². The number of aromatic nitrogens is 2. The lowest BCUT2D eigenvalue weighted by molar-refractivity contribution is 0.0953. The molecular weight excluding hydrogens is 242 g/mol. The maximum atomic E-state index is 11.8. The Bertz CT molecular complexity index is 361. The normalized spacial score (nSPS) is 20.7. The third-order valence-corrected chi connectivity index (χ3v) is 5.29. The smallest absolute Gasteiger partial charge is 0.254 e. The number of H-pyrrole nitrogens is 1. The van der Waals surface area contributed by atoms with Crippen LogP contribution in [0.3, 0.4) is 0 Å². The van der Waals surface area contributed by atoms with Gasteiger partial charge in [0.05, 0.1) is 11.8 Å². The SMILES string of the molecule is Cc1[nH]ncc1C(=O)NCC1CSCCS1. The first-order valence-electron chi connectivity index (χ1n) is 5.25. The van der Waals surface area contributed by atoms with Crippen LogP contribution < -0.4 is 5.32 Å². The topological polar surface area (TPSA) is 57.8 Å². The van der Waals surface area contributed by atoms with Gasteiger partial charge in [0.2, 0.25) is 0 Å². The Labute approximate surface area is 103 Å². The number of carbonyl (C=O) groups excluding carboxylic acids is 1. The molecule has 1 saturated heterocycles. The van der Waals surface area contributed by atoms with Crippen molar-refractivity contribution < 1.29 is 4.79 Å². The molecule has 1 atom stereocenters. The fourth-order valence-electron chi connectivity index (χ4n) is 1.54. The second kappa shape index (κ2) is 5.63. The molecule has 0 saturated carbocycles. The van der Waals surface area contributed by atoms with Crippen LogP contribution in [0.15, 0.2) is 6.20 Å². The largest absolute Gasteiger partial charge is 0.351 e. The zero-order chi connectivity index (χ0) is 11.4. The predicted octanol–water partition coefficient (Wildman–Crippen LogP) is 1.30. The highest BCUT2D eigenvalue weighted by Gasteiger charge is 2.16. The Morgan fingerprint density at radius 3 is 3.19 bits per heavy atom. The maximum absolute atomic E-state index is 11.8. The van der Waals surface area contributed by atoms with Crippen LogP contribution in [0.25, 0.3) is 0 Å². The zero-order valence-corrected chi connectivity index (χ0v) is 10.8. The van der Waals surface area contributed by atoms with Crippen molar-refractivity contribution in [3.8, 4) is 0 Å². The van der Waals surface area contributed by atoms with Crippen molar-refractivity contribution in [1.29, 1.82) is 0 Å². The minimum atomic E-state index is -0.0255. The third kappa shape index (κ3) is 2.95. The van der Waals surface area contributed by atoms with Gasteiger partial charge in [0.15, 0.2) is 0 Å². The lowest BCUT2D eigenvalue weighted by Crippen LogP contribution is -2.33. The van der Waals surface area contributed by atoms with Crippen LogP contribution in [0.4, 0.5) is 0 Å². The van der Waals surface area contributed by atoms with E-state index in [0.29, 0.717) is 10.8 Å². The average Bonchev–Trinajstić information content (AvgIpc) is 2.74. The van der Waals surface area contributed by atoms with Gasteiger partial charge in [0.25, 0.3) is 5.91 Å². The molecular formula is C10H15N3OS2. The first-order chi connectivity index (χ1) is 7.77. The summed E-state index contributed by atoms with van der Waals surface area (Å²) in [5.41, 5.74) is 1.47. The summed E-state index contributed by atoms with van der Waals surface area (Å²) in [4.78, 5) is 11.8. The predicted molar refractivity (Wildman–Crippen MR) is 69.2 cm³/mol. The molecule has 0 spiro atoms. The standard InChI is InChI=1S/C10H15N3OS2/c1-7-9(5-12-13-7)10(14)11-4-8-6-15-2-3-16-8/h5,8H,2-4,6H2,1H3,(H,11,14)(H,12,13). The molecule has 88 valence electrons. The summed E-state index contributed by atoms with van der Waals surface area (Å²) in [6, 6.07) is 0. The molecule has 0 radical (unpaired) electrons. The van der Waals surface area contributed by atoms with Crippen molar-refractivity contribution in [3.05, 3.63) is 17.5 Å². The zero-order valence-electron chi connectivity index (χ0n) is 9.16. The lowest BCUT2D eigenvalue weighted by Gasteiger charge is -2.20. The molecule has 2 heterocycles. The maximum Gasteiger partial charge on any atom is 0.254 e. The quantitative estimate of drug-likeness (QED) is 0.857. The fraction of sp³-hybridized carbons (Fsp3) is 0.600. The van der Waals surface area contributed by atoms with Crippen LogP contribution in [0.5, 0.6) is 0 Å². The number of thioether (sulfide) groups is 2. The van der Waals surface area contributed by atoms with E-state index in [0.717, 1.165) is 18.0 Å². The summed E-state index contributed by atoms with van der Waals surface area (Å²) in [6.45, 7) is 2.61. The molecule has 2 rings (SSSR count). The molecule has 1 amide bonds. The summed E-state index contributed by atoms with van der Waals surface area (Å²) < 4.78 is 0. The van der Waals surface area contributed by atoms with Crippen molar-refractivity contribution in [2.75, 3.05) is 23.8 Å². The Morgan fingerprint density at radius 1 is 1.69 bits per heavy atom. The molecule has 0 aliphatic carbocycles. The number of hydrogen-bond donors (Lipinski definition) is 2. The Morgan fingerprint density at radius 2 is 2.56 bits per heavy atom. The van der Waals surface area contributed by atoms with Crippen LogP contribution in [0.2, 0.25) is 0 Å². The van der Waals surface area contributed by atoms with Gasteiger partial charge in [-0.05, 0) is 6.92 Å². The number of amides is 1. The summed E-state index contributed by atoms with van der Waals surface area (Å²) in [7, 11) is 0. The number of aryl methyl sites for hydroxylation is 1. The average molecular weight is 257 g/mol. The summed E-state index contributed by atoms with van der Waals surface area (Å²) in [6.07, 6.45) is 1.58. The number of nitrogens with one attached hydrogen (secondary N) is 2. The number of rotatable bonds is 3. The van der Waals surface area contributed by atoms with Crippen molar-refractivity contribution in [3.63, 3.8) is 0 Å². The Kier molecular flexibility index (Phi) is 4.17. The molecule has 1 unspecified atom stereocenters. The van der Waals surface area contributed by atoms with E-state index in [1.807, 2.05) is 30.4 Å². The first-order valence-corrected chi connectivity index (χ1v) is 7.45. The van der Waals surface area contributed by atoms with E-state index >= 15 is 0 Å². The van der Waals surface area contributed by atoms with Crippen molar-refractivity contribution in [2.45, 2.75) is 12.2 Å². The Hall–Kier alpha value is -0.620. The molecule has 6 heteroatoms. The van der Waals surface area contributed by atoms with Crippen LogP contribution >= 0.6 is 23.5 Å². The molecule has 1 aliphatic rings. The molecule has 1 fully saturated rings. The minimum absolute atomic E-state index is 0.0255. The van der Waals surface area contributed by atoms with E-state index in [4.69, 9.17) is 0 Å². The lowest BCUT2D eigenvalue weighted by atomic mass is 10.2. The monoisotopic (exact) mass is 257 g/mol. The highest BCUT2D eigenvalue weighted by atomic mass is 32.2. The molecule has 16 heavy (non-hydrogen) atoms.